The van der Waals surface area contributed by atoms with Crippen molar-refractivity contribution < 1.29 is 4.79 Å². The number of rotatable bonds is 4. The summed E-state index contributed by atoms with van der Waals surface area (Å²) in [6.45, 7) is 0. The number of fused-ring (bicyclic) bond motifs is 1. The Balaban J connectivity index is 1.61. The van der Waals surface area contributed by atoms with Crippen molar-refractivity contribution in [3.05, 3.63) is 59.7 Å². The number of hydrogen-bond donors (Lipinski definition) is 0. The topological polar surface area (TPSA) is 17.1 Å². The molecule has 0 amide bonds. The van der Waals surface area contributed by atoms with Gasteiger partial charge < -0.3 is 0 Å². The van der Waals surface area contributed by atoms with Crippen molar-refractivity contribution in [2.24, 2.45) is 0 Å². The zero-order chi connectivity index (χ0) is 13.1. The van der Waals surface area contributed by atoms with Crippen LogP contribution in [0.15, 0.2) is 58.3 Å². The standard InChI is InChI=1S/C16H14OS2/c17-10-12-4-3-6-14(8-12)18-11-15-9-13-5-1-2-7-16(13)19-15/h1-8,10,15H,9,11H2. The third-order valence-corrected chi connectivity index (χ3v) is 5.83. The minimum atomic E-state index is 0.641. The first-order valence-corrected chi connectivity index (χ1v) is 8.14. The van der Waals surface area contributed by atoms with Gasteiger partial charge in [0.25, 0.3) is 0 Å². The van der Waals surface area contributed by atoms with Crippen LogP contribution >= 0.6 is 23.5 Å². The highest BCUT2D eigenvalue weighted by Crippen LogP contribution is 2.39. The average Bonchev–Trinajstić information content (AvgIpc) is 2.88. The fourth-order valence-electron chi connectivity index (χ4n) is 2.21. The summed E-state index contributed by atoms with van der Waals surface area (Å²) in [5.41, 5.74) is 2.23. The zero-order valence-corrected chi connectivity index (χ0v) is 12.0. The third kappa shape index (κ3) is 3.04. The molecular formula is C16H14OS2. The van der Waals surface area contributed by atoms with Crippen LogP contribution in [-0.4, -0.2) is 17.3 Å². The van der Waals surface area contributed by atoms with E-state index in [2.05, 4.69) is 30.3 Å². The largest absolute Gasteiger partial charge is 0.298 e. The highest BCUT2D eigenvalue weighted by Gasteiger charge is 2.21. The van der Waals surface area contributed by atoms with Gasteiger partial charge in [-0.15, -0.1) is 23.5 Å². The van der Waals surface area contributed by atoms with E-state index in [1.54, 1.807) is 0 Å². The molecule has 0 aromatic heterocycles. The number of hydrogen-bond acceptors (Lipinski definition) is 3. The molecule has 0 radical (unpaired) electrons. The molecule has 1 unspecified atom stereocenters. The van der Waals surface area contributed by atoms with Crippen LogP contribution in [0.25, 0.3) is 0 Å². The lowest BCUT2D eigenvalue weighted by Crippen LogP contribution is -2.03. The van der Waals surface area contributed by atoms with Crippen molar-refractivity contribution in [1.82, 2.24) is 0 Å². The first kappa shape index (κ1) is 12.8. The van der Waals surface area contributed by atoms with Gasteiger partial charge in [-0.25, -0.2) is 0 Å². The van der Waals surface area contributed by atoms with Gasteiger partial charge in [0.1, 0.15) is 6.29 Å². The molecule has 1 atom stereocenters. The molecule has 96 valence electrons. The molecule has 0 N–H and O–H groups in total. The normalized spacial score (nSPS) is 17.2. The molecule has 0 aliphatic carbocycles. The maximum absolute atomic E-state index is 10.8. The van der Waals surface area contributed by atoms with Crippen LogP contribution in [0.4, 0.5) is 0 Å². The van der Waals surface area contributed by atoms with Crippen molar-refractivity contribution in [3.63, 3.8) is 0 Å². The molecule has 2 aromatic rings. The van der Waals surface area contributed by atoms with E-state index < -0.39 is 0 Å². The number of benzene rings is 2. The summed E-state index contributed by atoms with van der Waals surface area (Å²) in [7, 11) is 0. The smallest absolute Gasteiger partial charge is 0.150 e. The summed E-state index contributed by atoms with van der Waals surface area (Å²) < 4.78 is 0. The molecule has 0 fully saturated rings. The average molecular weight is 286 g/mol. The maximum atomic E-state index is 10.8. The second-order valence-corrected chi connectivity index (χ2v) is 6.99. The Hall–Kier alpha value is -1.19. The van der Waals surface area contributed by atoms with E-state index in [9.17, 15) is 4.79 Å². The lowest BCUT2D eigenvalue weighted by molar-refractivity contribution is 0.112. The molecular weight excluding hydrogens is 272 g/mol. The summed E-state index contributed by atoms with van der Waals surface area (Å²) in [5, 5.41) is 0.641. The van der Waals surface area contributed by atoms with Gasteiger partial charge in [0, 0.05) is 26.4 Å². The Morgan fingerprint density at radius 2 is 2.11 bits per heavy atom. The molecule has 0 saturated carbocycles. The van der Waals surface area contributed by atoms with E-state index in [-0.39, 0.29) is 0 Å². The molecule has 1 aliphatic heterocycles. The molecule has 0 saturated heterocycles. The number of carbonyl (C=O) groups excluding carboxylic acids is 1. The Morgan fingerprint density at radius 1 is 1.21 bits per heavy atom. The molecule has 3 heteroatoms. The van der Waals surface area contributed by atoms with E-state index >= 15 is 0 Å². The fraction of sp³-hybridized carbons (Fsp3) is 0.188. The van der Waals surface area contributed by atoms with E-state index in [1.165, 1.54) is 15.4 Å². The predicted molar refractivity (Wildman–Crippen MR) is 82.3 cm³/mol. The molecule has 1 heterocycles. The summed E-state index contributed by atoms with van der Waals surface area (Å²) >= 11 is 3.81. The van der Waals surface area contributed by atoms with Crippen LogP contribution in [-0.2, 0) is 6.42 Å². The van der Waals surface area contributed by atoms with Crippen LogP contribution in [0.1, 0.15) is 15.9 Å². The van der Waals surface area contributed by atoms with E-state index in [4.69, 9.17) is 0 Å². The van der Waals surface area contributed by atoms with Crippen LogP contribution < -0.4 is 0 Å². The number of carbonyl (C=O) groups is 1. The van der Waals surface area contributed by atoms with Crippen LogP contribution in [0.3, 0.4) is 0 Å². The van der Waals surface area contributed by atoms with Crippen molar-refractivity contribution >= 4 is 29.8 Å². The Kier molecular flexibility index (Phi) is 3.95. The lowest BCUT2D eigenvalue weighted by Gasteiger charge is -2.08. The molecule has 1 aliphatic rings. The minimum Gasteiger partial charge on any atom is -0.298 e. The van der Waals surface area contributed by atoms with E-state index in [0.717, 1.165) is 24.0 Å². The summed E-state index contributed by atoms with van der Waals surface area (Å²) in [4.78, 5) is 13.4. The molecule has 19 heavy (non-hydrogen) atoms. The van der Waals surface area contributed by atoms with Gasteiger partial charge in [-0.3, -0.25) is 4.79 Å². The van der Waals surface area contributed by atoms with E-state index in [0.29, 0.717) is 5.25 Å². The van der Waals surface area contributed by atoms with Crippen molar-refractivity contribution in [1.29, 1.82) is 0 Å². The zero-order valence-electron chi connectivity index (χ0n) is 10.4. The molecule has 3 rings (SSSR count). The van der Waals surface area contributed by atoms with Crippen molar-refractivity contribution in [3.8, 4) is 0 Å². The van der Waals surface area contributed by atoms with Gasteiger partial charge >= 0.3 is 0 Å². The highest BCUT2D eigenvalue weighted by molar-refractivity contribution is 8.03. The van der Waals surface area contributed by atoms with Crippen molar-refractivity contribution in [2.75, 3.05) is 5.75 Å². The van der Waals surface area contributed by atoms with Crippen LogP contribution in [0, 0.1) is 0 Å². The quantitative estimate of drug-likeness (QED) is 0.616. The monoisotopic (exact) mass is 286 g/mol. The minimum absolute atomic E-state index is 0.641. The number of aldehydes is 1. The first-order chi connectivity index (χ1) is 9.35. The Bertz CT molecular complexity index is 570. The predicted octanol–water partition coefficient (Wildman–Crippen LogP) is 4.31. The summed E-state index contributed by atoms with van der Waals surface area (Å²) in [5.74, 6) is 1.08. The van der Waals surface area contributed by atoms with Gasteiger partial charge in [0.05, 0.1) is 0 Å². The number of thioether (sulfide) groups is 2. The summed E-state index contributed by atoms with van der Waals surface area (Å²) in [6.07, 6.45) is 2.06. The van der Waals surface area contributed by atoms with E-state index in [1.807, 2.05) is 41.7 Å². The van der Waals surface area contributed by atoms with Gasteiger partial charge in [0.15, 0.2) is 0 Å². The molecule has 2 aromatic carbocycles. The SMILES string of the molecule is O=Cc1cccc(SCC2Cc3ccccc3S2)c1. The first-order valence-electron chi connectivity index (χ1n) is 6.28. The summed E-state index contributed by atoms with van der Waals surface area (Å²) in [6, 6.07) is 16.5. The van der Waals surface area contributed by atoms with Crippen LogP contribution in [0.5, 0.6) is 0 Å². The third-order valence-electron chi connectivity index (χ3n) is 3.14. The Morgan fingerprint density at radius 3 is 2.95 bits per heavy atom. The second kappa shape index (κ2) is 5.85. The lowest BCUT2D eigenvalue weighted by atomic mass is 10.1. The fourth-order valence-corrected chi connectivity index (χ4v) is 4.66. The highest BCUT2D eigenvalue weighted by atomic mass is 32.2. The van der Waals surface area contributed by atoms with Gasteiger partial charge in [-0.1, -0.05) is 30.3 Å². The van der Waals surface area contributed by atoms with Crippen LogP contribution in [0.2, 0.25) is 0 Å². The van der Waals surface area contributed by atoms with Gasteiger partial charge in [-0.05, 0) is 30.2 Å². The van der Waals surface area contributed by atoms with Crippen molar-refractivity contribution in [2.45, 2.75) is 21.5 Å². The molecule has 0 bridgehead atoms. The van der Waals surface area contributed by atoms with Gasteiger partial charge in [0.2, 0.25) is 0 Å². The Labute approximate surface area is 121 Å². The molecule has 1 nitrogen and oxygen atoms in total. The molecule has 0 spiro atoms. The second-order valence-electron chi connectivity index (χ2n) is 4.55. The maximum Gasteiger partial charge on any atom is 0.150 e. The van der Waals surface area contributed by atoms with Gasteiger partial charge in [-0.2, -0.15) is 0 Å².